The number of nitrogens with zero attached hydrogens (tertiary/aromatic N) is 3. The second-order valence-electron chi connectivity index (χ2n) is 7.43. The van der Waals surface area contributed by atoms with Crippen molar-refractivity contribution in [2.75, 3.05) is 0 Å². The van der Waals surface area contributed by atoms with Crippen molar-refractivity contribution in [3.8, 4) is 18.2 Å². The van der Waals surface area contributed by atoms with Crippen LogP contribution in [-0.2, 0) is 0 Å². The summed E-state index contributed by atoms with van der Waals surface area (Å²) in [6.45, 7) is 1.27. The van der Waals surface area contributed by atoms with Gasteiger partial charge in [0.05, 0.1) is 33.2 Å². The van der Waals surface area contributed by atoms with Gasteiger partial charge in [0, 0.05) is 10.8 Å². The third-order valence-corrected chi connectivity index (χ3v) is 5.60. The van der Waals surface area contributed by atoms with Crippen molar-refractivity contribution in [3.63, 3.8) is 0 Å². The van der Waals surface area contributed by atoms with Crippen molar-refractivity contribution >= 4 is 54.6 Å². The Balaban J connectivity index is 2.18. The largest absolute Gasteiger partial charge is 0.455 e. The molecule has 35 heavy (non-hydrogen) atoms. The summed E-state index contributed by atoms with van der Waals surface area (Å²) in [5.41, 5.74) is -3.18. The molecule has 5 rings (SSSR count). The Hall–Kier alpha value is -4.95. The van der Waals surface area contributed by atoms with E-state index in [2.05, 4.69) is 0 Å². The molecule has 2 heterocycles. The van der Waals surface area contributed by atoms with Gasteiger partial charge in [0.2, 0.25) is 0 Å². The van der Waals surface area contributed by atoms with Gasteiger partial charge in [0.15, 0.2) is 45.9 Å². The summed E-state index contributed by atoms with van der Waals surface area (Å²) in [5.74, 6) is -10.6. The van der Waals surface area contributed by atoms with Gasteiger partial charge in [-0.3, -0.25) is 0 Å². The van der Waals surface area contributed by atoms with Gasteiger partial charge in [-0.1, -0.05) is 0 Å². The van der Waals surface area contributed by atoms with Crippen LogP contribution in [-0.4, -0.2) is 0 Å². The van der Waals surface area contributed by atoms with E-state index in [9.17, 15) is 8.78 Å². The zero-order chi connectivity index (χ0) is 25.3. The summed E-state index contributed by atoms with van der Waals surface area (Å²) >= 11 is 0. The van der Waals surface area contributed by atoms with Gasteiger partial charge in [0.25, 0.3) is 0 Å². The molecule has 0 aliphatic carbocycles. The van der Waals surface area contributed by atoms with Crippen LogP contribution in [0.2, 0.25) is 0 Å². The van der Waals surface area contributed by atoms with Gasteiger partial charge < -0.3 is 8.83 Å². The summed E-state index contributed by atoms with van der Waals surface area (Å²) < 4.78 is 102. The Morgan fingerprint density at radius 2 is 1.00 bits per heavy atom. The standard InChI is InChI=1S/C24H5F6N3O2/c1-7(4-31)11-2-9-17(25)19(27)13-14-16(22(30)21(29)15(13)23(9)34-11)24-10(18(26)20(14)28)3-12(35-24)8(5-32)6-33/h2-3H,1H3/b11-7-. The Kier molecular flexibility index (Phi) is 4.55. The van der Waals surface area contributed by atoms with Crippen LogP contribution in [0.3, 0.4) is 0 Å². The number of halogens is 6. The average molecular weight is 481 g/mol. The lowest BCUT2D eigenvalue weighted by atomic mass is 9.96. The first-order valence-electron chi connectivity index (χ1n) is 9.53. The predicted octanol–water partition coefficient (Wildman–Crippen LogP) is 5.21. The van der Waals surface area contributed by atoms with E-state index >= 15 is 17.6 Å². The summed E-state index contributed by atoms with van der Waals surface area (Å²) in [5, 5.41) is 21.2. The number of hydrogen-bond donors (Lipinski definition) is 0. The van der Waals surface area contributed by atoms with E-state index in [0.29, 0.717) is 0 Å². The molecule has 0 bridgehead atoms. The van der Waals surface area contributed by atoms with Gasteiger partial charge in [-0.05, 0) is 19.1 Å². The molecule has 0 unspecified atom stereocenters. The second kappa shape index (κ2) is 7.28. The molecular weight excluding hydrogens is 476 g/mol. The number of furan rings is 2. The SMILES string of the molecule is C/C(C#N)=c1\cc2c(F)c(F)c3c(c(F)c(F)c4c5oc(=C(C#N)C#N)cc5c(F)c(F)c43)c2o1. The van der Waals surface area contributed by atoms with Crippen LogP contribution >= 0.6 is 0 Å². The highest BCUT2D eigenvalue weighted by Gasteiger charge is 2.31. The molecule has 0 saturated heterocycles. The first kappa shape index (κ1) is 21.9. The molecule has 0 radical (unpaired) electrons. The topological polar surface area (TPSA) is 97.6 Å². The van der Waals surface area contributed by atoms with E-state index in [4.69, 9.17) is 24.6 Å². The monoisotopic (exact) mass is 481 g/mol. The lowest BCUT2D eigenvalue weighted by molar-refractivity contribution is 0.506. The molecule has 170 valence electrons. The maximum atomic E-state index is 15.4. The van der Waals surface area contributed by atoms with Crippen LogP contribution in [0.15, 0.2) is 21.0 Å². The Bertz CT molecular complexity index is 2050. The minimum atomic E-state index is -1.86. The molecule has 3 aromatic carbocycles. The lowest BCUT2D eigenvalue weighted by Gasteiger charge is -2.11. The summed E-state index contributed by atoms with van der Waals surface area (Å²) in [7, 11) is 0. The van der Waals surface area contributed by atoms with E-state index in [1.54, 1.807) is 6.07 Å². The molecule has 0 amide bonds. The van der Waals surface area contributed by atoms with Crippen molar-refractivity contribution < 1.29 is 35.2 Å². The van der Waals surface area contributed by atoms with Gasteiger partial charge in [-0.25, -0.2) is 26.3 Å². The number of fused-ring (bicyclic) bond motifs is 7. The Morgan fingerprint density at radius 3 is 1.43 bits per heavy atom. The zero-order valence-corrected chi connectivity index (χ0v) is 17.1. The van der Waals surface area contributed by atoms with Gasteiger partial charge >= 0.3 is 0 Å². The number of benzene rings is 3. The fourth-order valence-corrected chi connectivity index (χ4v) is 3.99. The van der Waals surface area contributed by atoms with Crippen LogP contribution in [0, 0.1) is 68.9 Å². The number of hydrogen-bond acceptors (Lipinski definition) is 5. The van der Waals surface area contributed by atoms with Crippen LogP contribution < -0.4 is 10.8 Å². The van der Waals surface area contributed by atoms with Crippen molar-refractivity contribution in [3.05, 3.63) is 57.9 Å². The third kappa shape index (κ3) is 2.68. The summed E-state index contributed by atoms with van der Waals surface area (Å²) in [6.07, 6.45) is 0. The normalized spacial score (nSPS) is 12.2. The summed E-state index contributed by atoms with van der Waals surface area (Å²) in [4.78, 5) is 0. The van der Waals surface area contributed by atoms with Gasteiger partial charge in [-0.2, -0.15) is 15.8 Å². The van der Waals surface area contributed by atoms with E-state index in [-0.39, 0.29) is 11.0 Å². The van der Waals surface area contributed by atoms with E-state index in [1.807, 2.05) is 0 Å². The summed E-state index contributed by atoms with van der Waals surface area (Å²) in [6, 6.07) is 6.24. The third-order valence-electron chi connectivity index (χ3n) is 5.60. The maximum Gasteiger partial charge on any atom is 0.172 e. The zero-order valence-electron chi connectivity index (χ0n) is 17.1. The van der Waals surface area contributed by atoms with Crippen molar-refractivity contribution in [1.82, 2.24) is 0 Å². The first-order chi connectivity index (χ1) is 16.7. The van der Waals surface area contributed by atoms with Crippen LogP contribution in [0.5, 0.6) is 0 Å². The van der Waals surface area contributed by atoms with Crippen LogP contribution in [0.4, 0.5) is 26.3 Å². The molecule has 2 aromatic heterocycles. The molecule has 0 spiro atoms. The molecule has 0 atom stereocenters. The van der Waals surface area contributed by atoms with E-state index in [0.717, 1.165) is 12.1 Å². The minimum absolute atomic E-state index is 0.0973. The molecule has 0 saturated carbocycles. The molecule has 11 heteroatoms. The number of rotatable bonds is 0. The van der Waals surface area contributed by atoms with E-state index < -0.39 is 89.4 Å². The molecule has 0 aliphatic heterocycles. The molecule has 5 nitrogen and oxygen atoms in total. The molecule has 5 aromatic rings. The first-order valence-corrected chi connectivity index (χ1v) is 9.53. The van der Waals surface area contributed by atoms with Gasteiger partial charge in [-0.15, -0.1) is 0 Å². The van der Waals surface area contributed by atoms with Gasteiger partial charge in [0.1, 0.15) is 28.7 Å². The highest BCUT2D eigenvalue weighted by molar-refractivity contribution is 6.21. The second-order valence-corrected chi connectivity index (χ2v) is 7.43. The minimum Gasteiger partial charge on any atom is -0.455 e. The Morgan fingerprint density at radius 1 is 0.600 bits per heavy atom. The van der Waals surface area contributed by atoms with Crippen molar-refractivity contribution in [2.24, 2.45) is 0 Å². The Labute approximate surface area is 189 Å². The predicted molar refractivity (Wildman–Crippen MR) is 109 cm³/mol. The average Bonchev–Trinajstić information content (AvgIpc) is 3.48. The number of nitriles is 3. The highest BCUT2D eigenvalue weighted by Crippen LogP contribution is 2.43. The quantitative estimate of drug-likeness (QED) is 0.223. The smallest absolute Gasteiger partial charge is 0.172 e. The lowest BCUT2D eigenvalue weighted by Crippen LogP contribution is -2.00. The fraction of sp³-hybridized carbons (Fsp3) is 0.0417. The van der Waals surface area contributed by atoms with E-state index in [1.165, 1.54) is 19.1 Å². The molecule has 0 N–H and O–H groups in total. The van der Waals surface area contributed by atoms with Crippen LogP contribution in [0.25, 0.3) is 54.6 Å². The van der Waals surface area contributed by atoms with Crippen molar-refractivity contribution in [1.29, 1.82) is 15.8 Å². The molecule has 0 aliphatic rings. The molecule has 0 fully saturated rings. The van der Waals surface area contributed by atoms with Crippen molar-refractivity contribution in [2.45, 2.75) is 6.92 Å². The fourth-order valence-electron chi connectivity index (χ4n) is 3.99. The molecular formula is C24H5F6N3O2. The maximum absolute atomic E-state index is 15.4. The van der Waals surface area contributed by atoms with Crippen LogP contribution in [0.1, 0.15) is 6.92 Å². The highest BCUT2D eigenvalue weighted by atomic mass is 19.2.